The Balaban J connectivity index is 2.09. The monoisotopic (exact) mass is 260 g/mol. The van der Waals surface area contributed by atoms with Crippen molar-refractivity contribution in [2.24, 2.45) is 0 Å². The van der Waals surface area contributed by atoms with Gasteiger partial charge < -0.3 is 9.84 Å². The summed E-state index contributed by atoms with van der Waals surface area (Å²) in [6, 6.07) is 4.19. The number of fused-ring (bicyclic) bond motifs is 1. The number of hydrogen-bond acceptors (Lipinski definition) is 2. The van der Waals surface area contributed by atoms with Crippen LogP contribution in [-0.2, 0) is 23.1 Å². The van der Waals surface area contributed by atoms with Crippen molar-refractivity contribution < 1.29 is 14.6 Å². The lowest BCUT2D eigenvalue weighted by Gasteiger charge is -2.18. The van der Waals surface area contributed by atoms with Crippen LogP contribution >= 0.6 is 0 Å². The van der Waals surface area contributed by atoms with E-state index in [1.807, 2.05) is 0 Å². The van der Waals surface area contributed by atoms with Gasteiger partial charge in [0.1, 0.15) is 5.75 Å². The zero-order valence-electron chi connectivity index (χ0n) is 11.4. The number of carboxylic acids is 1. The molecule has 2 aliphatic rings. The molecule has 0 saturated heterocycles. The molecule has 102 valence electrons. The van der Waals surface area contributed by atoms with Crippen molar-refractivity contribution >= 4 is 5.97 Å². The SMILES string of the molecule is COc1cc2c(cc1C1(C(=O)O)CC1)CCCCC2. The van der Waals surface area contributed by atoms with E-state index in [1.54, 1.807) is 7.11 Å². The van der Waals surface area contributed by atoms with Crippen LogP contribution in [0.25, 0.3) is 0 Å². The summed E-state index contributed by atoms with van der Waals surface area (Å²) in [5, 5.41) is 9.48. The molecular weight excluding hydrogens is 240 g/mol. The Kier molecular flexibility index (Phi) is 3.00. The van der Waals surface area contributed by atoms with Gasteiger partial charge in [-0.25, -0.2) is 0 Å². The summed E-state index contributed by atoms with van der Waals surface area (Å²) in [5.74, 6) is 0.0555. The lowest BCUT2D eigenvalue weighted by molar-refractivity contribution is -0.140. The highest BCUT2D eigenvalue weighted by atomic mass is 16.5. The van der Waals surface area contributed by atoms with Gasteiger partial charge in [-0.15, -0.1) is 0 Å². The van der Waals surface area contributed by atoms with E-state index in [-0.39, 0.29) is 0 Å². The van der Waals surface area contributed by atoms with Crippen LogP contribution in [0.4, 0.5) is 0 Å². The second-order valence-electron chi connectivity index (χ2n) is 5.77. The third kappa shape index (κ3) is 2.01. The number of methoxy groups -OCH3 is 1. The van der Waals surface area contributed by atoms with Gasteiger partial charge in [0.15, 0.2) is 0 Å². The number of hydrogen-bond donors (Lipinski definition) is 1. The van der Waals surface area contributed by atoms with Crippen LogP contribution in [0.1, 0.15) is 48.8 Å². The van der Waals surface area contributed by atoms with E-state index in [2.05, 4.69) is 12.1 Å². The molecule has 1 N–H and O–H groups in total. The van der Waals surface area contributed by atoms with Crippen molar-refractivity contribution in [1.29, 1.82) is 0 Å². The molecule has 19 heavy (non-hydrogen) atoms. The van der Waals surface area contributed by atoms with E-state index in [4.69, 9.17) is 4.74 Å². The molecule has 2 aliphatic carbocycles. The number of benzene rings is 1. The number of carboxylic acid groups (broad SMARTS) is 1. The zero-order valence-corrected chi connectivity index (χ0v) is 11.4. The summed E-state index contributed by atoms with van der Waals surface area (Å²) in [4.78, 5) is 11.5. The average molecular weight is 260 g/mol. The van der Waals surface area contributed by atoms with Gasteiger partial charge >= 0.3 is 5.97 Å². The molecule has 3 rings (SSSR count). The number of carbonyl (C=O) groups is 1. The van der Waals surface area contributed by atoms with Crippen molar-refractivity contribution in [3.63, 3.8) is 0 Å². The summed E-state index contributed by atoms with van der Waals surface area (Å²) in [6.45, 7) is 0. The second kappa shape index (κ2) is 4.55. The van der Waals surface area contributed by atoms with Gasteiger partial charge in [-0.3, -0.25) is 4.79 Å². The standard InChI is InChI=1S/C16H20O3/c1-19-14-10-12-6-4-2-3-5-11(12)9-13(14)16(7-8-16)15(17)18/h9-10H,2-8H2,1H3,(H,17,18). The number of aryl methyl sites for hydroxylation is 2. The second-order valence-corrected chi connectivity index (χ2v) is 5.77. The Morgan fingerprint density at radius 2 is 1.79 bits per heavy atom. The lowest BCUT2D eigenvalue weighted by Crippen LogP contribution is -2.21. The van der Waals surface area contributed by atoms with Crippen LogP contribution < -0.4 is 4.74 Å². The lowest BCUT2D eigenvalue weighted by atomic mass is 9.90. The van der Waals surface area contributed by atoms with Crippen LogP contribution in [0.3, 0.4) is 0 Å². The van der Waals surface area contributed by atoms with E-state index < -0.39 is 11.4 Å². The van der Waals surface area contributed by atoms with E-state index in [0.717, 1.165) is 37.0 Å². The van der Waals surface area contributed by atoms with E-state index in [1.165, 1.54) is 30.4 Å². The molecule has 0 bridgehead atoms. The summed E-state index contributed by atoms with van der Waals surface area (Å²) in [7, 11) is 1.64. The molecule has 1 aromatic carbocycles. The van der Waals surface area contributed by atoms with Crippen molar-refractivity contribution in [2.45, 2.75) is 50.4 Å². The average Bonchev–Trinajstić information content (AvgIpc) is 3.21. The summed E-state index contributed by atoms with van der Waals surface area (Å²) < 4.78 is 5.47. The fourth-order valence-corrected chi connectivity index (χ4v) is 3.21. The normalized spacial score (nSPS) is 20.3. The fourth-order valence-electron chi connectivity index (χ4n) is 3.21. The third-order valence-electron chi connectivity index (χ3n) is 4.59. The Morgan fingerprint density at radius 3 is 2.32 bits per heavy atom. The van der Waals surface area contributed by atoms with Gasteiger partial charge in [-0.2, -0.15) is 0 Å². The molecule has 1 aromatic rings. The molecular formula is C16H20O3. The summed E-state index contributed by atoms with van der Waals surface area (Å²) >= 11 is 0. The topological polar surface area (TPSA) is 46.5 Å². The van der Waals surface area contributed by atoms with Crippen molar-refractivity contribution in [2.75, 3.05) is 7.11 Å². The van der Waals surface area contributed by atoms with Gasteiger partial charge in [0.2, 0.25) is 0 Å². The molecule has 3 heteroatoms. The first-order valence-electron chi connectivity index (χ1n) is 7.11. The molecule has 0 spiro atoms. The largest absolute Gasteiger partial charge is 0.496 e. The van der Waals surface area contributed by atoms with E-state index >= 15 is 0 Å². The Labute approximate surface area is 113 Å². The quantitative estimate of drug-likeness (QED) is 0.849. The maximum absolute atomic E-state index is 11.5. The maximum Gasteiger partial charge on any atom is 0.314 e. The molecule has 0 radical (unpaired) electrons. The fraction of sp³-hybridized carbons (Fsp3) is 0.562. The molecule has 0 heterocycles. The summed E-state index contributed by atoms with van der Waals surface area (Å²) in [5.41, 5.74) is 2.90. The first-order valence-corrected chi connectivity index (χ1v) is 7.11. The molecule has 0 unspecified atom stereocenters. The van der Waals surface area contributed by atoms with Crippen LogP contribution in [-0.4, -0.2) is 18.2 Å². The highest BCUT2D eigenvalue weighted by Crippen LogP contribution is 2.52. The molecule has 0 atom stereocenters. The Hall–Kier alpha value is -1.51. The number of rotatable bonds is 3. The predicted molar refractivity (Wildman–Crippen MR) is 72.8 cm³/mol. The minimum atomic E-state index is -0.709. The highest BCUT2D eigenvalue weighted by Gasteiger charge is 2.53. The maximum atomic E-state index is 11.5. The number of ether oxygens (including phenoxy) is 1. The van der Waals surface area contributed by atoms with Crippen LogP contribution in [0, 0.1) is 0 Å². The first-order chi connectivity index (χ1) is 9.17. The predicted octanol–water partition coefficient (Wildman–Crippen LogP) is 3.08. The minimum Gasteiger partial charge on any atom is -0.496 e. The van der Waals surface area contributed by atoms with Gasteiger partial charge in [0.25, 0.3) is 0 Å². The molecule has 0 aromatic heterocycles. The van der Waals surface area contributed by atoms with Crippen LogP contribution in [0.15, 0.2) is 12.1 Å². The van der Waals surface area contributed by atoms with Crippen molar-refractivity contribution in [3.8, 4) is 5.75 Å². The van der Waals surface area contributed by atoms with E-state index in [0.29, 0.717) is 0 Å². The van der Waals surface area contributed by atoms with Crippen molar-refractivity contribution in [1.82, 2.24) is 0 Å². The molecule has 0 aliphatic heterocycles. The third-order valence-corrected chi connectivity index (χ3v) is 4.59. The molecule has 1 saturated carbocycles. The smallest absolute Gasteiger partial charge is 0.314 e. The highest BCUT2D eigenvalue weighted by molar-refractivity contribution is 5.86. The van der Waals surface area contributed by atoms with Crippen LogP contribution in [0.2, 0.25) is 0 Å². The van der Waals surface area contributed by atoms with Gasteiger partial charge in [-0.1, -0.05) is 12.5 Å². The van der Waals surface area contributed by atoms with Gasteiger partial charge in [-0.05, 0) is 55.7 Å². The minimum absolute atomic E-state index is 0.674. The molecule has 1 fully saturated rings. The van der Waals surface area contributed by atoms with Gasteiger partial charge in [0.05, 0.1) is 12.5 Å². The first kappa shape index (κ1) is 12.5. The Bertz CT molecular complexity index is 515. The molecule has 0 amide bonds. The zero-order chi connectivity index (χ0) is 13.5. The number of aliphatic carboxylic acids is 1. The van der Waals surface area contributed by atoms with Crippen molar-refractivity contribution in [3.05, 3.63) is 28.8 Å². The molecule has 3 nitrogen and oxygen atoms in total. The Morgan fingerprint density at radius 1 is 1.16 bits per heavy atom. The van der Waals surface area contributed by atoms with Gasteiger partial charge in [0, 0.05) is 5.56 Å². The van der Waals surface area contributed by atoms with Crippen LogP contribution in [0.5, 0.6) is 5.75 Å². The van der Waals surface area contributed by atoms with E-state index in [9.17, 15) is 9.90 Å². The summed E-state index contributed by atoms with van der Waals surface area (Å²) in [6.07, 6.45) is 7.32.